The first kappa shape index (κ1) is 21.6. The molecule has 0 unspecified atom stereocenters. The van der Waals surface area contributed by atoms with Gasteiger partial charge in [-0.05, 0) is 47.5 Å². The zero-order valence-electron chi connectivity index (χ0n) is 16.7. The molecule has 1 aliphatic rings. The highest BCUT2D eigenvalue weighted by molar-refractivity contribution is 6.32. The molecule has 0 radical (unpaired) electrons. The van der Waals surface area contributed by atoms with Crippen LogP contribution in [0.4, 0.5) is 4.39 Å². The van der Waals surface area contributed by atoms with E-state index in [1.54, 1.807) is 13.2 Å². The monoisotopic (exact) mass is 463 g/mol. The summed E-state index contributed by atoms with van der Waals surface area (Å²) in [4.78, 5) is 0. The van der Waals surface area contributed by atoms with Gasteiger partial charge in [-0.2, -0.15) is 0 Å². The maximum absolute atomic E-state index is 13.2. The lowest BCUT2D eigenvalue weighted by atomic mass is 10.1. The van der Waals surface area contributed by atoms with Gasteiger partial charge in [0.25, 0.3) is 0 Å². The molecule has 3 aromatic rings. The highest BCUT2D eigenvalue weighted by Gasteiger charge is 2.15. The second-order valence-electron chi connectivity index (χ2n) is 6.92. The van der Waals surface area contributed by atoms with Crippen LogP contribution in [-0.2, 0) is 19.7 Å². The molecule has 31 heavy (non-hydrogen) atoms. The van der Waals surface area contributed by atoms with Crippen molar-refractivity contribution in [3.05, 3.63) is 81.1 Å². The normalized spacial score (nSPS) is 12.1. The van der Waals surface area contributed by atoms with Crippen LogP contribution >= 0.6 is 23.2 Å². The van der Waals surface area contributed by atoms with Crippen molar-refractivity contribution in [3.8, 4) is 23.0 Å². The minimum atomic E-state index is -0.401. The molecular formula is C23H20Cl2FNO4. The number of hydrogen-bond donors (Lipinski definition) is 1. The van der Waals surface area contributed by atoms with Crippen LogP contribution in [0.1, 0.15) is 16.7 Å². The fourth-order valence-corrected chi connectivity index (χ4v) is 3.72. The number of ether oxygens (including phenoxy) is 4. The maximum Gasteiger partial charge on any atom is 0.231 e. The highest BCUT2D eigenvalue weighted by atomic mass is 35.5. The molecule has 3 aromatic carbocycles. The Hall–Kier alpha value is -2.67. The van der Waals surface area contributed by atoms with E-state index in [9.17, 15) is 4.39 Å². The van der Waals surface area contributed by atoms with Crippen LogP contribution in [0.2, 0.25) is 10.0 Å². The predicted octanol–water partition coefficient (Wildman–Crippen LogP) is 5.74. The number of benzene rings is 3. The summed E-state index contributed by atoms with van der Waals surface area (Å²) >= 11 is 12.5. The van der Waals surface area contributed by atoms with Crippen molar-refractivity contribution in [2.75, 3.05) is 13.9 Å². The highest BCUT2D eigenvalue weighted by Crippen LogP contribution is 2.37. The van der Waals surface area contributed by atoms with Crippen molar-refractivity contribution in [2.24, 2.45) is 0 Å². The first-order valence-electron chi connectivity index (χ1n) is 9.56. The van der Waals surface area contributed by atoms with Gasteiger partial charge in [0.2, 0.25) is 6.79 Å². The number of nitrogens with one attached hydrogen (secondary N) is 1. The molecule has 0 spiro atoms. The van der Waals surface area contributed by atoms with Crippen LogP contribution in [0.25, 0.3) is 0 Å². The lowest BCUT2D eigenvalue weighted by Crippen LogP contribution is -2.13. The maximum atomic E-state index is 13.2. The molecular weight excluding hydrogens is 444 g/mol. The summed E-state index contributed by atoms with van der Waals surface area (Å²) in [6.45, 7) is 1.62. The van der Waals surface area contributed by atoms with Crippen molar-refractivity contribution in [1.29, 1.82) is 0 Å². The predicted molar refractivity (Wildman–Crippen MR) is 117 cm³/mol. The van der Waals surface area contributed by atoms with E-state index in [1.165, 1.54) is 12.1 Å². The molecule has 1 N–H and O–H groups in total. The van der Waals surface area contributed by atoms with Crippen LogP contribution < -0.4 is 24.3 Å². The molecule has 0 aromatic heterocycles. The average molecular weight is 464 g/mol. The van der Waals surface area contributed by atoms with E-state index < -0.39 is 5.82 Å². The van der Waals surface area contributed by atoms with Gasteiger partial charge in [0.05, 0.1) is 17.2 Å². The standard InChI is InChI=1S/C23H20Cl2FNO4/c1-28-22-8-15(11-27-10-14-2-5-20-21(7-14)31-13-30-20)6-19(25)23(22)29-12-16-3-4-17(26)9-18(16)24/h2-9,27H,10-13H2,1H3. The molecule has 1 aliphatic heterocycles. The molecule has 0 amide bonds. The smallest absolute Gasteiger partial charge is 0.231 e. The Balaban J connectivity index is 1.39. The Bertz CT molecular complexity index is 1090. The zero-order chi connectivity index (χ0) is 21.8. The third kappa shape index (κ3) is 5.15. The van der Waals surface area contributed by atoms with E-state index in [4.69, 9.17) is 42.1 Å². The Morgan fingerprint density at radius 2 is 1.74 bits per heavy atom. The Labute approximate surface area is 189 Å². The minimum absolute atomic E-state index is 0.136. The third-order valence-electron chi connectivity index (χ3n) is 4.77. The fraction of sp³-hybridized carbons (Fsp3) is 0.217. The molecule has 0 saturated heterocycles. The van der Waals surface area contributed by atoms with Gasteiger partial charge in [0.1, 0.15) is 12.4 Å². The quantitative estimate of drug-likeness (QED) is 0.461. The summed E-state index contributed by atoms with van der Waals surface area (Å²) < 4.78 is 35.2. The Kier molecular flexibility index (Phi) is 6.70. The van der Waals surface area contributed by atoms with Crippen molar-refractivity contribution in [3.63, 3.8) is 0 Å². The van der Waals surface area contributed by atoms with Gasteiger partial charge in [-0.15, -0.1) is 0 Å². The molecule has 1 heterocycles. The van der Waals surface area contributed by atoms with Crippen molar-refractivity contribution in [1.82, 2.24) is 5.32 Å². The summed E-state index contributed by atoms with van der Waals surface area (Å²) in [6.07, 6.45) is 0. The molecule has 8 heteroatoms. The number of fused-ring (bicyclic) bond motifs is 1. The van der Waals surface area contributed by atoms with Crippen LogP contribution in [0.3, 0.4) is 0 Å². The van der Waals surface area contributed by atoms with Crippen molar-refractivity contribution < 1.29 is 23.3 Å². The first-order valence-corrected chi connectivity index (χ1v) is 10.3. The Morgan fingerprint density at radius 3 is 2.55 bits per heavy atom. The van der Waals surface area contributed by atoms with Crippen molar-refractivity contribution >= 4 is 23.2 Å². The SMILES string of the molecule is COc1cc(CNCc2ccc3c(c2)OCO3)cc(Cl)c1OCc1ccc(F)cc1Cl. The largest absolute Gasteiger partial charge is 0.493 e. The van der Waals surface area contributed by atoms with E-state index in [-0.39, 0.29) is 13.4 Å². The lowest BCUT2D eigenvalue weighted by molar-refractivity contribution is 0.174. The summed E-state index contributed by atoms with van der Waals surface area (Å²) in [5, 5.41) is 4.08. The van der Waals surface area contributed by atoms with Gasteiger partial charge < -0.3 is 24.3 Å². The van der Waals surface area contributed by atoms with E-state index in [0.29, 0.717) is 40.2 Å². The van der Waals surface area contributed by atoms with E-state index in [2.05, 4.69) is 5.32 Å². The van der Waals surface area contributed by atoms with Gasteiger partial charge >= 0.3 is 0 Å². The fourth-order valence-electron chi connectivity index (χ4n) is 3.21. The van der Waals surface area contributed by atoms with Gasteiger partial charge in [-0.25, -0.2) is 4.39 Å². The molecule has 0 saturated carbocycles. The summed E-state index contributed by atoms with van der Waals surface area (Å²) in [5.41, 5.74) is 2.67. The number of hydrogen-bond acceptors (Lipinski definition) is 5. The van der Waals surface area contributed by atoms with E-state index in [0.717, 1.165) is 22.6 Å². The van der Waals surface area contributed by atoms with E-state index in [1.807, 2.05) is 30.3 Å². The zero-order valence-corrected chi connectivity index (χ0v) is 18.2. The van der Waals surface area contributed by atoms with Gasteiger partial charge in [0, 0.05) is 18.7 Å². The number of methoxy groups -OCH3 is 1. The molecule has 0 bridgehead atoms. The van der Waals surface area contributed by atoms with Crippen molar-refractivity contribution in [2.45, 2.75) is 19.7 Å². The van der Waals surface area contributed by atoms with Crippen LogP contribution in [0.5, 0.6) is 23.0 Å². The minimum Gasteiger partial charge on any atom is -0.493 e. The lowest BCUT2D eigenvalue weighted by Gasteiger charge is -2.15. The van der Waals surface area contributed by atoms with Crippen LogP contribution in [0.15, 0.2) is 48.5 Å². The molecule has 0 fully saturated rings. The molecule has 5 nitrogen and oxygen atoms in total. The molecule has 162 valence electrons. The second-order valence-corrected chi connectivity index (χ2v) is 7.74. The Morgan fingerprint density at radius 1 is 0.935 bits per heavy atom. The number of rotatable bonds is 8. The van der Waals surface area contributed by atoms with Gasteiger partial charge in [-0.1, -0.05) is 35.3 Å². The molecule has 4 rings (SSSR count). The topological polar surface area (TPSA) is 49.0 Å². The third-order valence-corrected chi connectivity index (χ3v) is 5.40. The summed E-state index contributed by atoms with van der Waals surface area (Å²) in [5.74, 6) is 2.03. The number of halogens is 3. The van der Waals surface area contributed by atoms with Gasteiger partial charge in [-0.3, -0.25) is 0 Å². The van der Waals surface area contributed by atoms with E-state index >= 15 is 0 Å². The average Bonchev–Trinajstić information content (AvgIpc) is 3.21. The van der Waals surface area contributed by atoms with Crippen LogP contribution in [-0.4, -0.2) is 13.9 Å². The van der Waals surface area contributed by atoms with Gasteiger partial charge in [0.15, 0.2) is 23.0 Å². The first-order chi connectivity index (χ1) is 15.0. The van der Waals surface area contributed by atoms with Crippen LogP contribution in [0, 0.1) is 5.82 Å². The second kappa shape index (κ2) is 9.64. The molecule has 0 atom stereocenters. The molecule has 0 aliphatic carbocycles. The summed E-state index contributed by atoms with van der Waals surface area (Å²) in [6, 6.07) is 13.7. The summed E-state index contributed by atoms with van der Waals surface area (Å²) in [7, 11) is 1.55.